The third-order valence-electron chi connectivity index (χ3n) is 4.33. The van der Waals surface area contributed by atoms with Crippen molar-refractivity contribution in [2.24, 2.45) is 0 Å². The van der Waals surface area contributed by atoms with Crippen LogP contribution >= 0.6 is 24.8 Å². The van der Waals surface area contributed by atoms with E-state index in [1.165, 1.54) is 0 Å². The molecule has 3 rings (SSSR count). The lowest BCUT2D eigenvalue weighted by molar-refractivity contribution is 0.0562. The molecule has 0 aliphatic carbocycles. The van der Waals surface area contributed by atoms with Crippen LogP contribution in [0.2, 0.25) is 0 Å². The number of carbonyl (C=O) groups is 1. The fraction of sp³-hybridized carbons (Fsp3) is 0.389. The lowest BCUT2D eigenvalue weighted by Crippen LogP contribution is -2.44. The SMILES string of the molecule is CN(C)c1nc(-c2cccc(C(=O)NCC3(O)CCNC3)c2)ncc1F.Cl.Cl. The second-order valence-electron chi connectivity index (χ2n) is 6.67. The monoisotopic (exact) mass is 431 g/mol. The van der Waals surface area contributed by atoms with E-state index >= 15 is 0 Å². The number of anilines is 1. The Kier molecular flexibility index (Phi) is 8.56. The predicted molar refractivity (Wildman–Crippen MR) is 111 cm³/mol. The Morgan fingerprint density at radius 2 is 2.14 bits per heavy atom. The van der Waals surface area contributed by atoms with E-state index in [-0.39, 0.29) is 43.1 Å². The van der Waals surface area contributed by atoms with Crippen LogP contribution in [0.4, 0.5) is 10.2 Å². The van der Waals surface area contributed by atoms with Gasteiger partial charge in [0.1, 0.15) is 0 Å². The molecule has 3 N–H and O–H groups in total. The van der Waals surface area contributed by atoms with Crippen LogP contribution in [0, 0.1) is 5.82 Å². The van der Waals surface area contributed by atoms with Crippen LogP contribution in [0.1, 0.15) is 16.8 Å². The van der Waals surface area contributed by atoms with Crippen molar-refractivity contribution in [3.63, 3.8) is 0 Å². The number of β-amino-alcohol motifs (C(OH)–C–C–N with tert-alkyl or cyclic N) is 1. The summed E-state index contributed by atoms with van der Waals surface area (Å²) in [4.78, 5) is 22.2. The van der Waals surface area contributed by atoms with Gasteiger partial charge in [-0.1, -0.05) is 12.1 Å². The van der Waals surface area contributed by atoms with Gasteiger partial charge in [0.25, 0.3) is 5.91 Å². The number of hydrogen-bond donors (Lipinski definition) is 3. The first-order valence-electron chi connectivity index (χ1n) is 8.40. The standard InChI is InChI=1S/C18H22FN5O2.2ClH/c1-24(2)16-14(19)9-21-15(23-16)12-4-3-5-13(8-12)17(25)22-11-18(26)6-7-20-10-18;;/h3-5,8-9,20,26H,6-7,10-11H2,1-2H3,(H,22,25);2*1H. The van der Waals surface area contributed by atoms with Gasteiger partial charge in [-0.25, -0.2) is 14.4 Å². The molecule has 1 aromatic heterocycles. The van der Waals surface area contributed by atoms with Gasteiger partial charge in [-0.05, 0) is 25.1 Å². The molecule has 0 bridgehead atoms. The highest BCUT2D eigenvalue weighted by atomic mass is 35.5. The summed E-state index contributed by atoms with van der Waals surface area (Å²) in [6.07, 6.45) is 1.72. The first-order valence-corrected chi connectivity index (χ1v) is 8.40. The van der Waals surface area contributed by atoms with Gasteiger partial charge in [0.2, 0.25) is 0 Å². The van der Waals surface area contributed by atoms with Crippen LogP contribution in [-0.2, 0) is 0 Å². The van der Waals surface area contributed by atoms with Crippen molar-refractivity contribution in [2.75, 3.05) is 38.6 Å². The molecule has 0 saturated carbocycles. The average Bonchev–Trinajstić information content (AvgIpc) is 3.07. The van der Waals surface area contributed by atoms with E-state index in [4.69, 9.17) is 0 Å². The Morgan fingerprint density at radius 1 is 1.39 bits per heavy atom. The quantitative estimate of drug-likeness (QED) is 0.666. The molecule has 0 radical (unpaired) electrons. The third-order valence-corrected chi connectivity index (χ3v) is 4.33. The number of halogens is 3. The van der Waals surface area contributed by atoms with E-state index in [9.17, 15) is 14.3 Å². The predicted octanol–water partition coefficient (Wildman–Crippen LogP) is 1.65. The Bertz CT molecular complexity index is 816. The molecule has 2 heterocycles. The molecule has 0 spiro atoms. The lowest BCUT2D eigenvalue weighted by Gasteiger charge is -2.21. The van der Waals surface area contributed by atoms with Gasteiger partial charge in [-0.15, -0.1) is 24.8 Å². The third kappa shape index (κ3) is 5.51. The number of nitrogens with one attached hydrogen (secondary N) is 2. The maximum absolute atomic E-state index is 13.8. The Labute approximate surface area is 175 Å². The maximum Gasteiger partial charge on any atom is 0.251 e. The molecule has 1 aliphatic rings. The molecule has 1 unspecified atom stereocenters. The summed E-state index contributed by atoms with van der Waals surface area (Å²) >= 11 is 0. The number of amides is 1. The molecule has 1 amide bonds. The number of rotatable bonds is 5. The van der Waals surface area contributed by atoms with Crippen LogP contribution < -0.4 is 15.5 Å². The zero-order chi connectivity index (χ0) is 18.7. The molecule has 1 aromatic carbocycles. The van der Waals surface area contributed by atoms with E-state index in [0.717, 1.165) is 12.7 Å². The number of aliphatic hydroxyl groups is 1. The highest BCUT2D eigenvalue weighted by molar-refractivity contribution is 5.95. The molecular weight excluding hydrogens is 408 g/mol. The van der Waals surface area contributed by atoms with Gasteiger partial charge in [-0.2, -0.15) is 0 Å². The molecule has 28 heavy (non-hydrogen) atoms. The minimum absolute atomic E-state index is 0. The molecule has 7 nitrogen and oxygen atoms in total. The summed E-state index contributed by atoms with van der Waals surface area (Å²) in [5.41, 5.74) is 0.131. The number of nitrogens with zero attached hydrogens (tertiary/aromatic N) is 3. The van der Waals surface area contributed by atoms with Gasteiger partial charge in [0.15, 0.2) is 17.5 Å². The second-order valence-corrected chi connectivity index (χ2v) is 6.67. The van der Waals surface area contributed by atoms with Crippen LogP contribution in [0.15, 0.2) is 30.5 Å². The number of benzene rings is 1. The zero-order valence-electron chi connectivity index (χ0n) is 15.6. The van der Waals surface area contributed by atoms with Crippen molar-refractivity contribution in [3.05, 3.63) is 41.8 Å². The summed E-state index contributed by atoms with van der Waals surface area (Å²) in [6.45, 7) is 1.38. The van der Waals surface area contributed by atoms with Crippen molar-refractivity contribution in [1.29, 1.82) is 0 Å². The summed E-state index contributed by atoms with van der Waals surface area (Å²) in [6, 6.07) is 6.81. The first kappa shape index (κ1) is 24.0. The first-order chi connectivity index (χ1) is 12.4. The number of carbonyl (C=O) groups excluding carboxylic acids is 1. The highest BCUT2D eigenvalue weighted by Gasteiger charge is 2.31. The van der Waals surface area contributed by atoms with E-state index in [1.807, 2.05) is 0 Å². The largest absolute Gasteiger partial charge is 0.387 e. The molecular formula is C18H24Cl2FN5O2. The molecule has 2 aromatic rings. The van der Waals surface area contributed by atoms with Crippen LogP contribution in [0.25, 0.3) is 11.4 Å². The Balaban J connectivity index is 0.00000196. The van der Waals surface area contributed by atoms with Gasteiger partial charge >= 0.3 is 0 Å². The summed E-state index contributed by atoms with van der Waals surface area (Å²) in [5, 5.41) is 16.1. The molecule has 1 atom stereocenters. The van der Waals surface area contributed by atoms with E-state index in [1.54, 1.807) is 43.3 Å². The highest BCUT2D eigenvalue weighted by Crippen LogP contribution is 2.21. The van der Waals surface area contributed by atoms with Crippen molar-refractivity contribution in [3.8, 4) is 11.4 Å². The van der Waals surface area contributed by atoms with Gasteiger partial charge in [-0.3, -0.25) is 4.79 Å². The van der Waals surface area contributed by atoms with Gasteiger partial charge in [0, 0.05) is 38.3 Å². The number of hydrogen-bond acceptors (Lipinski definition) is 6. The van der Waals surface area contributed by atoms with Crippen LogP contribution in [0.5, 0.6) is 0 Å². The summed E-state index contributed by atoms with van der Waals surface area (Å²) < 4.78 is 13.8. The number of aromatic nitrogens is 2. The molecule has 154 valence electrons. The Hall–Kier alpha value is -2.00. The summed E-state index contributed by atoms with van der Waals surface area (Å²) in [5.74, 6) is -0.280. The normalized spacial score (nSPS) is 18.0. The van der Waals surface area contributed by atoms with E-state index in [0.29, 0.717) is 29.9 Å². The minimum Gasteiger partial charge on any atom is -0.387 e. The minimum atomic E-state index is -0.909. The molecule has 1 aliphatic heterocycles. The Morgan fingerprint density at radius 3 is 2.79 bits per heavy atom. The smallest absolute Gasteiger partial charge is 0.251 e. The van der Waals surface area contributed by atoms with Gasteiger partial charge in [0.05, 0.1) is 11.8 Å². The van der Waals surface area contributed by atoms with Crippen molar-refractivity contribution in [1.82, 2.24) is 20.6 Å². The van der Waals surface area contributed by atoms with Crippen molar-refractivity contribution in [2.45, 2.75) is 12.0 Å². The zero-order valence-corrected chi connectivity index (χ0v) is 17.2. The molecule has 1 fully saturated rings. The van der Waals surface area contributed by atoms with Crippen molar-refractivity contribution < 1.29 is 14.3 Å². The van der Waals surface area contributed by atoms with Crippen LogP contribution in [-0.4, -0.2) is 60.3 Å². The second kappa shape index (κ2) is 9.97. The average molecular weight is 432 g/mol. The maximum atomic E-state index is 13.8. The van der Waals surface area contributed by atoms with Crippen molar-refractivity contribution >= 4 is 36.5 Å². The molecule has 1 saturated heterocycles. The molecule has 10 heteroatoms. The fourth-order valence-corrected chi connectivity index (χ4v) is 2.84. The van der Waals surface area contributed by atoms with E-state index in [2.05, 4.69) is 20.6 Å². The van der Waals surface area contributed by atoms with Crippen LogP contribution in [0.3, 0.4) is 0 Å². The topological polar surface area (TPSA) is 90.4 Å². The lowest BCUT2D eigenvalue weighted by atomic mass is 10.0. The van der Waals surface area contributed by atoms with E-state index < -0.39 is 11.4 Å². The van der Waals surface area contributed by atoms with Gasteiger partial charge < -0.3 is 20.6 Å². The summed E-state index contributed by atoms with van der Waals surface area (Å²) in [7, 11) is 3.39. The fourth-order valence-electron chi connectivity index (χ4n) is 2.84.